The first-order valence-electron chi connectivity index (χ1n) is 9.45. The van der Waals surface area contributed by atoms with Gasteiger partial charge >= 0.3 is 5.69 Å². The Kier molecular flexibility index (Phi) is 5.04. The molecule has 0 N–H and O–H groups in total. The monoisotopic (exact) mass is 392 g/mol. The molecule has 1 amide bonds. The van der Waals surface area contributed by atoms with Crippen LogP contribution in [0.15, 0.2) is 23.0 Å². The van der Waals surface area contributed by atoms with Crippen molar-refractivity contribution in [1.29, 1.82) is 0 Å². The minimum Gasteiger partial charge on any atom is -0.342 e. The van der Waals surface area contributed by atoms with Crippen LogP contribution in [0.1, 0.15) is 49.4 Å². The van der Waals surface area contributed by atoms with E-state index in [1.165, 1.54) is 16.8 Å². The first-order chi connectivity index (χ1) is 13.1. The highest BCUT2D eigenvalue weighted by Gasteiger charge is 2.34. The van der Waals surface area contributed by atoms with Gasteiger partial charge in [0, 0.05) is 30.2 Å². The fourth-order valence-corrected chi connectivity index (χ4v) is 4.24. The first kappa shape index (κ1) is 18.2. The third-order valence-corrected chi connectivity index (χ3v) is 5.83. The number of halogens is 2. The Bertz CT molecular complexity index is 897. The quantitative estimate of drug-likeness (QED) is 0.807. The molecule has 2 aliphatic rings. The third-order valence-electron chi connectivity index (χ3n) is 5.47. The second-order valence-electron chi connectivity index (χ2n) is 7.23. The molecule has 3 heterocycles. The van der Waals surface area contributed by atoms with Crippen molar-refractivity contribution in [2.45, 2.75) is 51.1 Å². The van der Waals surface area contributed by atoms with E-state index in [0.717, 1.165) is 38.8 Å². The van der Waals surface area contributed by atoms with Crippen molar-refractivity contribution in [3.05, 3.63) is 50.9 Å². The molecule has 1 atom stereocenters. The van der Waals surface area contributed by atoms with Crippen molar-refractivity contribution >= 4 is 17.5 Å². The Morgan fingerprint density at radius 3 is 2.70 bits per heavy atom. The van der Waals surface area contributed by atoms with Crippen LogP contribution in [0.4, 0.5) is 4.39 Å². The van der Waals surface area contributed by atoms with Gasteiger partial charge < -0.3 is 4.90 Å². The lowest BCUT2D eigenvalue weighted by Crippen LogP contribution is -2.41. The van der Waals surface area contributed by atoms with Gasteiger partial charge in [-0.25, -0.2) is 13.9 Å². The van der Waals surface area contributed by atoms with E-state index in [1.54, 1.807) is 10.6 Å². The summed E-state index contributed by atoms with van der Waals surface area (Å²) in [5.74, 6) is -0.325. The van der Waals surface area contributed by atoms with Crippen LogP contribution in [0.3, 0.4) is 0 Å². The molecule has 0 saturated carbocycles. The molecule has 1 fully saturated rings. The minimum atomic E-state index is -0.471. The van der Waals surface area contributed by atoms with Gasteiger partial charge in [-0.2, -0.15) is 5.10 Å². The molecule has 6 nitrogen and oxygen atoms in total. The van der Waals surface area contributed by atoms with Crippen molar-refractivity contribution < 1.29 is 9.18 Å². The Hall–Kier alpha value is -2.15. The largest absolute Gasteiger partial charge is 0.346 e. The number of hydrogen-bond donors (Lipinski definition) is 0. The van der Waals surface area contributed by atoms with Gasteiger partial charge in [-0.3, -0.25) is 9.36 Å². The van der Waals surface area contributed by atoms with Crippen molar-refractivity contribution in [3.63, 3.8) is 0 Å². The van der Waals surface area contributed by atoms with Crippen LogP contribution in [0, 0.1) is 5.82 Å². The summed E-state index contributed by atoms with van der Waals surface area (Å²) in [6.45, 7) is 2.02. The topological polar surface area (TPSA) is 60.1 Å². The van der Waals surface area contributed by atoms with Crippen LogP contribution in [0.5, 0.6) is 0 Å². The maximum absolute atomic E-state index is 14.1. The Balaban J connectivity index is 1.65. The summed E-state index contributed by atoms with van der Waals surface area (Å²) in [5.41, 5.74) is -0.0870. The average molecular weight is 393 g/mol. The highest BCUT2D eigenvalue weighted by Crippen LogP contribution is 2.28. The number of hydrogen-bond acceptors (Lipinski definition) is 3. The zero-order chi connectivity index (χ0) is 19.0. The van der Waals surface area contributed by atoms with Crippen LogP contribution in [-0.4, -0.2) is 38.2 Å². The molecule has 2 aliphatic heterocycles. The molecule has 8 heteroatoms. The van der Waals surface area contributed by atoms with Gasteiger partial charge in [-0.05, 0) is 44.2 Å². The number of aromatic nitrogens is 3. The van der Waals surface area contributed by atoms with Crippen molar-refractivity contribution in [3.8, 4) is 0 Å². The summed E-state index contributed by atoms with van der Waals surface area (Å²) in [4.78, 5) is 27.6. The van der Waals surface area contributed by atoms with Crippen molar-refractivity contribution in [2.75, 3.05) is 13.1 Å². The molecule has 0 bridgehead atoms. The molecule has 0 radical (unpaired) electrons. The summed E-state index contributed by atoms with van der Waals surface area (Å²) in [6, 6.07) is 4.42. The molecule has 0 aliphatic carbocycles. The number of carbonyl (C=O) groups excluding carboxylic acids is 1. The molecule has 4 rings (SSSR count). The number of nitrogens with zero attached hydrogens (tertiary/aromatic N) is 4. The van der Waals surface area contributed by atoms with E-state index in [1.807, 2.05) is 4.90 Å². The van der Waals surface area contributed by atoms with E-state index in [0.29, 0.717) is 18.8 Å². The van der Waals surface area contributed by atoms with E-state index in [-0.39, 0.29) is 28.7 Å². The number of rotatable bonds is 3. The SMILES string of the molecule is O=C(C1CCCn2c1nn(Cc1c(F)cccc1Cl)c2=O)N1CCCCC1. The highest BCUT2D eigenvalue weighted by molar-refractivity contribution is 6.31. The van der Waals surface area contributed by atoms with E-state index < -0.39 is 11.7 Å². The van der Waals surface area contributed by atoms with Crippen LogP contribution in [0.2, 0.25) is 5.02 Å². The zero-order valence-corrected chi connectivity index (χ0v) is 15.8. The predicted octanol–water partition coefficient (Wildman–Crippen LogP) is 2.78. The van der Waals surface area contributed by atoms with Crippen LogP contribution < -0.4 is 5.69 Å². The smallest absolute Gasteiger partial charge is 0.342 e. The zero-order valence-electron chi connectivity index (χ0n) is 15.0. The van der Waals surface area contributed by atoms with E-state index in [2.05, 4.69) is 5.10 Å². The van der Waals surface area contributed by atoms with Crippen LogP contribution >= 0.6 is 11.6 Å². The van der Waals surface area contributed by atoms with E-state index in [4.69, 9.17) is 11.6 Å². The maximum Gasteiger partial charge on any atom is 0.346 e. The number of amides is 1. The predicted molar refractivity (Wildman–Crippen MR) is 99.4 cm³/mol. The standard InChI is InChI=1S/C19H22ClFN4O2/c20-15-7-4-8-16(21)14(15)12-25-19(27)24-11-5-6-13(17(24)22-25)18(26)23-9-2-1-3-10-23/h4,7-8,13H,1-3,5-6,9-12H2. The van der Waals surface area contributed by atoms with E-state index in [9.17, 15) is 14.0 Å². The fraction of sp³-hybridized carbons (Fsp3) is 0.526. The second-order valence-corrected chi connectivity index (χ2v) is 7.64. The maximum atomic E-state index is 14.1. The van der Waals surface area contributed by atoms with Gasteiger partial charge in [0.15, 0.2) is 0 Å². The van der Waals surface area contributed by atoms with Crippen molar-refractivity contribution in [2.24, 2.45) is 0 Å². The average Bonchev–Trinajstić information content (AvgIpc) is 3.01. The Labute approximate surface area is 161 Å². The van der Waals surface area contributed by atoms with Gasteiger partial charge in [0.05, 0.1) is 12.5 Å². The summed E-state index contributed by atoms with van der Waals surface area (Å²) in [6.07, 6.45) is 4.63. The molecule has 144 valence electrons. The summed E-state index contributed by atoms with van der Waals surface area (Å²) >= 11 is 6.09. The number of benzene rings is 1. The minimum absolute atomic E-state index is 0.0467. The van der Waals surface area contributed by atoms with Gasteiger partial charge in [0.25, 0.3) is 0 Å². The number of piperidine rings is 1. The molecular formula is C19H22ClFN4O2. The summed E-state index contributed by atoms with van der Waals surface area (Å²) in [7, 11) is 0. The van der Waals surface area contributed by atoms with Gasteiger partial charge in [0.1, 0.15) is 11.6 Å². The molecule has 1 aromatic carbocycles. The molecule has 1 aromatic heterocycles. The van der Waals surface area contributed by atoms with Crippen molar-refractivity contribution in [1.82, 2.24) is 19.2 Å². The Morgan fingerprint density at radius 2 is 1.96 bits per heavy atom. The molecule has 0 spiro atoms. The molecular weight excluding hydrogens is 371 g/mol. The summed E-state index contributed by atoms with van der Waals surface area (Å²) in [5, 5.41) is 4.68. The highest BCUT2D eigenvalue weighted by atomic mass is 35.5. The second kappa shape index (κ2) is 7.46. The number of fused-ring (bicyclic) bond motifs is 1. The molecule has 1 saturated heterocycles. The lowest BCUT2D eigenvalue weighted by Gasteiger charge is -2.31. The fourth-order valence-electron chi connectivity index (χ4n) is 4.01. The van der Waals surface area contributed by atoms with Crippen LogP contribution in [-0.2, 0) is 17.9 Å². The first-order valence-corrected chi connectivity index (χ1v) is 9.83. The lowest BCUT2D eigenvalue weighted by molar-refractivity contribution is -0.134. The van der Waals surface area contributed by atoms with Gasteiger partial charge in [-0.1, -0.05) is 17.7 Å². The molecule has 2 aromatic rings. The van der Waals surface area contributed by atoms with Gasteiger partial charge in [0.2, 0.25) is 5.91 Å². The number of carbonyl (C=O) groups is 1. The molecule has 1 unspecified atom stereocenters. The Morgan fingerprint density at radius 1 is 1.19 bits per heavy atom. The molecule has 27 heavy (non-hydrogen) atoms. The van der Waals surface area contributed by atoms with Gasteiger partial charge in [-0.15, -0.1) is 0 Å². The lowest BCUT2D eigenvalue weighted by atomic mass is 9.96. The summed E-state index contributed by atoms with van der Waals surface area (Å²) < 4.78 is 16.9. The number of likely N-dealkylation sites (tertiary alicyclic amines) is 1. The third kappa shape index (κ3) is 3.40. The van der Waals surface area contributed by atoms with Crippen LogP contribution in [0.25, 0.3) is 0 Å². The normalized spacial score (nSPS) is 19.8. The van der Waals surface area contributed by atoms with E-state index >= 15 is 0 Å².